The molecule has 4 heteroatoms. The molecule has 0 bridgehead atoms. The molecule has 0 rings (SSSR count). The number of hydrogen-bond acceptors (Lipinski definition) is 3. The highest BCUT2D eigenvalue weighted by Gasteiger charge is 2.42. The molecule has 0 radical (unpaired) electrons. The Morgan fingerprint density at radius 1 is 0.667 bits per heavy atom. The van der Waals surface area contributed by atoms with Gasteiger partial charge in [-0.3, -0.25) is 0 Å². The summed E-state index contributed by atoms with van der Waals surface area (Å²) in [6.07, 6.45) is 15.7. The largest absolute Gasteiger partial charge is 0.532 e. The minimum Gasteiger partial charge on any atom is -0.371 e. The molecule has 24 heavy (non-hydrogen) atoms. The lowest BCUT2D eigenvalue weighted by Crippen LogP contribution is -2.47. The molecule has 0 atom stereocenters. The molecule has 0 aliphatic rings. The highest BCUT2D eigenvalue weighted by atomic mass is 28.4. The molecule has 0 aromatic rings. The maximum atomic E-state index is 5.94. The summed E-state index contributed by atoms with van der Waals surface area (Å²) in [5.74, 6) is 0. The van der Waals surface area contributed by atoms with Crippen molar-refractivity contribution in [1.29, 1.82) is 0 Å². The number of rotatable bonds is 17. The zero-order chi connectivity index (χ0) is 18.1. The lowest BCUT2D eigenvalue weighted by Gasteiger charge is -2.29. The van der Waals surface area contributed by atoms with Gasteiger partial charge in [0.2, 0.25) is 0 Å². The van der Waals surface area contributed by atoms with Crippen molar-refractivity contribution in [2.24, 2.45) is 0 Å². The van der Waals surface area contributed by atoms with Crippen molar-refractivity contribution in [3.63, 3.8) is 0 Å². The van der Waals surface area contributed by atoms with Crippen molar-refractivity contribution in [2.45, 2.75) is 98.8 Å². The molecule has 0 saturated carbocycles. The van der Waals surface area contributed by atoms with Gasteiger partial charge >= 0.3 is 8.80 Å². The molecule has 0 spiro atoms. The first-order valence-corrected chi connectivity index (χ1v) is 12.0. The summed E-state index contributed by atoms with van der Waals surface area (Å²) >= 11 is 0. The molecule has 0 aromatic heterocycles. The van der Waals surface area contributed by atoms with E-state index in [0.29, 0.717) is 19.8 Å². The average molecular weight is 359 g/mol. The molecule has 0 aromatic carbocycles. The van der Waals surface area contributed by atoms with E-state index in [1.807, 2.05) is 20.8 Å². The van der Waals surface area contributed by atoms with Crippen molar-refractivity contribution in [3.05, 3.63) is 11.3 Å². The maximum absolute atomic E-state index is 5.94. The van der Waals surface area contributed by atoms with Gasteiger partial charge in [-0.05, 0) is 45.7 Å². The number of hydrogen-bond donors (Lipinski definition) is 0. The Balaban J connectivity index is 4.07. The van der Waals surface area contributed by atoms with E-state index in [1.54, 1.807) is 0 Å². The van der Waals surface area contributed by atoms with Gasteiger partial charge in [0.05, 0.1) is 0 Å². The van der Waals surface area contributed by atoms with Crippen LogP contribution in [0.3, 0.4) is 0 Å². The summed E-state index contributed by atoms with van der Waals surface area (Å²) in [4.78, 5) is 0. The summed E-state index contributed by atoms with van der Waals surface area (Å²) in [5.41, 5.74) is 0. The van der Waals surface area contributed by atoms with E-state index in [4.69, 9.17) is 13.3 Å². The molecule has 0 saturated heterocycles. The van der Waals surface area contributed by atoms with Crippen LogP contribution in [0.4, 0.5) is 0 Å². The Kier molecular flexibility index (Phi) is 16.2. The van der Waals surface area contributed by atoms with Crippen LogP contribution in [0, 0.1) is 0 Å². The Bertz CT molecular complexity index is 288. The lowest BCUT2D eigenvalue weighted by molar-refractivity contribution is 0.0807. The van der Waals surface area contributed by atoms with E-state index in [1.165, 1.54) is 63.0 Å². The predicted molar refractivity (Wildman–Crippen MR) is 106 cm³/mol. The summed E-state index contributed by atoms with van der Waals surface area (Å²) in [7, 11) is -2.63. The molecule has 0 unspecified atom stereocenters. The fourth-order valence-electron chi connectivity index (χ4n) is 2.94. The third-order valence-electron chi connectivity index (χ3n) is 4.24. The van der Waals surface area contributed by atoms with Gasteiger partial charge in [-0.1, -0.05) is 64.4 Å². The average Bonchev–Trinajstić information content (AvgIpc) is 2.57. The summed E-state index contributed by atoms with van der Waals surface area (Å²) in [6.45, 7) is 12.3. The van der Waals surface area contributed by atoms with Gasteiger partial charge in [0.15, 0.2) is 0 Å². The highest BCUT2D eigenvalue weighted by molar-refractivity contribution is 6.68. The normalized spacial score (nSPS) is 12.8. The van der Waals surface area contributed by atoms with Crippen LogP contribution < -0.4 is 0 Å². The third-order valence-corrected chi connectivity index (χ3v) is 7.42. The molecular weight excluding hydrogens is 316 g/mol. The van der Waals surface area contributed by atoms with Gasteiger partial charge in [-0.15, -0.1) is 0 Å². The Labute approximate surface area is 152 Å². The summed E-state index contributed by atoms with van der Waals surface area (Å²) in [5, 5.41) is 1.17. The molecule has 0 aliphatic carbocycles. The first-order valence-electron chi connectivity index (χ1n) is 10.3. The van der Waals surface area contributed by atoms with E-state index in [9.17, 15) is 0 Å². The Morgan fingerprint density at radius 2 is 1.08 bits per heavy atom. The van der Waals surface area contributed by atoms with Gasteiger partial charge in [0.25, 0.3) is 0 Å². The first-order chi connectivity index (χ1) is 11.7. The topological polar surface area (TPSA) is 27.7 Å². The minimum atomic E-state index is -2.63. The van der Waals surface area contributed by atoms with Crippen LogP contribution in [0.1, 0.15) is 98.8 Å². The SMILES string of the molecule is CCCCCCCCCCC/C=C(\C)[Si](OCC)(OCC)OCC. The highest BCUT2D eigenvalue weighted by Crippen LogP contribution is 2.21. The molecule has 0 aliphatic heterocycles. The second-order valence-electron chi connectivity index (χ2n) is 6.36. The Morgan fingerprint density at radius 3 is 1.50 bits per heavy atom. The van der Waals surface area contributed by atoms with Crippen LogP contribution in [-0.2, 0) is 13.3 Å². The molecular formula is C20H42O3Si. The smallest absolute Gasteiger partial charge is 0.371 e. The van der Waals surface area contributed by atoms with Gasteiger partial charge in [-0.2, -0.15) is 0 Å². The fraction of sp³-hybridized carbons (Fsp3) is 0.900. The van der Waals surface area contributed by atoms with Gasteiger partial charge < -0.3 is 13.3 Å². The zero-order valence-electron chi connectivity index (χ0n) is 17.0. The van der Waals surface area contributed by atoms with E-state index < -0.39 is 8.80 Å². The van der Waals surface area contributed by atoms with Gasteiger partial charge in [-0.25, -0.2) is 0 Å². The van der Waals surface area contributed by atoms with E-state index in [2.05, 4.69) is 19.9 Å². The molecule has 3 nitrogen and oxygen atoms in total. The number of unbranched alkanes of at least 4 members (excludes halogenated alkanes) is 9. The van der Waals surface area contributed by atoms with Crippen molar-refractivity contribution >= 4 is 8.80 Å². The first kappa shape index (κ1) is 23.8. The summed E-state index contributed by atoms with van der Waals surface area (Å²) < 4.78 is 17.8. The van der Waals surface area contributed by atoms with Crippen molar-refractivity contribution < 1.29 is 13.3 Å². The Hall–Kier alpha value is -0.163. The third kappa shape index (κ3) is 10.6. The molecule has 0 fully saturated rings. The van der Waals surface area contributed by atoms with Crippen LogP contribution in [0.25, 0.3) is 0 Å². The van der Waals surface area contributed by atoms with Crippen LogP contribution in [0.15, 0.2) is 11.3 Å². The lowest BCUT2D eigenvalue weighted by atomic mass is 10.1. The van der Waals surface area contributed by atoms with Crippen molar-refractivity contribution in [1.82, 2.24) is 0 Å². The monoisotopic (exact) mass is 358 g/mol. The van der Waals surface area contributed by atoms with Crippen molar-refractivity contribution in [2.75, 3.05) is 19.8 Å². The standard InChI is InChI=1S/C20H42O3Si/c1-6-10-11-12-13-14-15-16-17-18-19-20(5)24(21-7-2,22-8-3)23-9-4/h19H,6-18H2,1-5H3/b20-19+. The van der Waals surface area contributed by atoms with E-state index >= 15 is 0 Å². The van der Waals surface area contributed by atoms with Crippen LogP contribution in [0.5, 0.6) is 0 Å². The fourth-order valence-corrected chi connectivity index (χ4v) is 5.40. The van der Waals surface area contributed by atoms with Crippen molar-refractivity contribution in [3.8, 4) is 0 Å². The minimum absolute atomic E-state index is 0.634. The maximum Gasteiger partial charge on any atom is 0.532 e. The molecule has 0 heterocycles. The van der Waals surface area contributed by atoms with E-state index in [-0.39, 0.29) is 0 Å². The second-order valence-corrected chi connectivity index (χ2v) is 9.13. The molecule has 0 N–H and O–H groups in total. The quantitative estimate of drug-likeness (QED) is 0.221. The summed E-state index contributed by atoms with van der Waals surface area (Å²) in [6, 6.07) is 0. The van der Waals surface area contributed by atoms with Crippen LogP contribution in [-0.4, -0.2) is 28.6 Å². The van der Waals surface area contributed by atoms with Crippen LogP contribution in [0.2, 0.25) is 0 Å². The van der Waals surface area contributed by atoms with Crippen LogP contribution >= 0.6 is 0 Å². The number of allylic oxidation sites excluding steroid dienone is 2. The molecule has 0 amide bonds. The zero-order valence-corrected chi connectivity index (χ0v) is 18.0. The molecule has 144 valence electrons. The van der Waals surface area contributed by atoms with E-state index in [0.717, 1.165) is 6.42 Å². The van der Waals surface area contributed by atoms with Gasteiger partial charge in [0, 0.05) is 19.8 Å². The van der Waals surface area contributed by atoms with Gasteiger partial charge in [0.1, 0.15) is 0 Å². The predicted octanol–water partition coefficient (Wildman–Crippen LogP) is 6.44. The second kappa shape index (κ2) is 16.3.